The molecule has 0 saturated carbocycles. The molecule has 1 aliphatic heterocycles. The quantitative estimate of drug-likeness (QED) is 0.635. The van der Waals surface area contributed by atoms with Gasteiger partial charge in [0.15, 0.2) is 0 Å². The van der Waals surface area contributed by atoms with Gasteiger partial charge in [0.05, 0.1) is 0 Å². The lowest BCUT2D eigenvalue weighted by atomic mass is 10.0. The highest BCUT2D eigenvalue weighted by atomic mass is 19.1. The number of nitrogens with one attached hydrogen (secondary N) is 2. The van der Waals surface area contributed by atoms with Gasteiger partial charge in [-0.15, -0.1) is 0 Å². The van der Waals surface area contributed by atoms with E-state index in [2.05, 4.69) is 10.6 Å². The van der Waals surface area contributed by atoms with Crippen LogP contribution in [0.3, 0.4) is 0 Å². The first-order valence-electron chi connectivity index (χ1n) is 9.90. The minimum atomic E-state index is -0.561. The van der Waals surface area contributed by atoms with Crippen LogP contribution in [-0.2, 0) is 4.79 Å². The molecular formula is C24H22FN3O2. The van der Waals surface area contributed by atoms with E-state index < -0.39 is 6.04 Å². The van der Waals surface area contributed by atoms with Crippen LogP contribution < -0.4 is 10.6 Å². The van der Waals surface area contributed by atoms with E-state index in [1.807, 2.05) is 54.6 Å². The number of halogens is 1. The predicted octanol–water partition coefficient (Wildman–Crippen LogP) is 5.13. The molecular weight excluding hydrogens is 381 g/mol. The Morgan fingerprint density at radius 1 is 0.867 bits per heavy atom. The van der Waals surface area contributed by atoms with Crippen molar-refractivity contribution in [3.05, 3.63) is 84.7 Å². The third-order valence-electron chi connectivity index (χ3n) is 5.18. The van der Waals surface area contributed by atoms with Crippen molar-refractivity contribution in [1.82, 2.24) is 4.90 Å². The maximum atomic E-state index is 13.1. The second-order valence-corrected chi connectivity index (χ2v) is 7.19. The number of benzene rings is 3. The Kier molecular flexibility index (Phi) is 5.75. The molecule has 4 rings (SSSR count). The van der Waals surface area contributed by atoms with Gasteiger partial charge < -0.3 is 15.5 Å². The zero-order valence-corrected chi connectivity index (χ0v) is 16.3. The van der Waals surface area contributed by atoms with Crippen molar-refractivity contribution in [3.63, 3.8) is 0 Å². The maximum absolute atomic E-state index is 13.1. The highest BCUT2D eigenvalue weighted by Gasteiger charge is 2.34. The Morgan fingerprint density at radius 3 is 2.33 bits per heavy atom. The molecule has 1 heterocycles. The highest BCUT2D eigenvalue weighted by molar-refractivity contribution is 6.01. The fraction of sp³-hybridized carbons (Fsp3) is 0.167. The highest BCUT2D eigenvalue weighted by Crippen LogP contribution is 2.29. The minimum absolute atomic E-state index is 0.217. The van der Waals surface area contributed by atoms with Crippen LogP contribution >= 0.6 is 0 Å². The Hall–Kier alpha value is -3.67. The van der Waals surface area contributed by atoms with E-state index >= 15 is 0 Å². The lowest BCUT2D eigenvalue weighted by Crippen LogP contribution is -2.45. The number of amides is 3. The zero-order valence-electron chi connectivity index (χ0n) is 16.3. The van der Waals surface area contributed by atoms with Gasteiger partial charge in [-0.25, -0.2) is 9.18 Å². The average molecular weight is 403 g/mol. The summed E-state index contributed by atoms with van der Waals surface area (Å²) in [5, 5.41) is 5.73. The van der Waals surface area contributed by atoms with E-state index in [0.717, 1.165) is 17.5 Å². The number of nitrogens with zero attached hydrogens (tertiary/aromatic N) is 1. The third kappa shape index (κ3) is 4.33. The van der Waals surface area contributed by atoms with E-state index in [0.29, 0.717) is 24.3 Å². The molecule has 5 nitrogen and oxygen atoms in total. The number of anilines is 2. The third-order valence-corrected chi connectivity index (χ3v) is 5.18. The summed E-state index contributed by atoms with van der Waals surface area (Å²) in [6.45, 7) is 0.492. The fourth-order valence-corrected chi connectivity index (χ4v) is 3.69. The smallest absolute Gasteiger partial charge is 0.322 e. The van der Waals surface area contributed by atoms with Crippen LogP contribution in [0.5, 0.6) is 0 Å². The van der Waals surface area contributed by atoms with Crippen molar-refractivity contribution in [3.8, 4) is 11.1 Å². The van der Waals surface area contributed by atoms with Crippen LogP contribution in [0.15, 0.2) is 78.9 Å². The van der Waals surface area contributed by atoms with Crippen molar-refractivity contribution in [2.45, 2.75) is 18.9 Å². The number of carbonyl (C=O) groups excluding carboxylic acids is 2. The zero-order chi connectivity index (χ0) is 20.9. The second-order valence-electron chi connectivity index (χ2n) is 7.19. The molecule has 0 bridgehead atoms. The number of para-hydroxylation sites is 1. The van der Waals surface area contributed by atoms with Gasteiger partial charge in [-0.05, 0) is 48.7 Å². The fourth-order valence-electron chi connectivity index (χ4n) is 3.69. The molecule has 1 unspecified atom stereocenters. The molecule has 1 atom stereocenters. The van der Waals surface area contributed by atoms with Crippen LogP contribution in [0.1, 0.15) is 12.8 Å². The summed E-state index contributed by atoms with van der Waals surface area (Å²) >= 11 is 0. The number of hydrogen-bond donors (Lipinski definition) is 2. The molecule has 152 valence electrons. The number of hydrogen-bond acceptors (Lipinski definition) is 2. The standard InChI is InChI=1S/C24H22FN3O2/c25-18-12-14-19(15-13-18)26-24(30)28-16-6-11-22(28)23(29)27-21-10-5-4-9-20(21)17-7-2-1-3-8-17/h1-5,7-10,12-15,22H,6,11,16H2,(H,26,30)(H,27,29). The summed E-state index contributed by atoms with van der Waals surface area (Å²) in [4.78, 5) is 27.3. The second kappa shape index (κ2) is 8.78. The van der Waals surface area contributed by atoms with E-state index in [-0.39, 0.29) is 17.8 Å². The van der Waals surface area contributed by atoms with Crippen molar-refractivity contribution in [1.29, 1.82) is 0 Å². The Morgan fingerprint density at radius 2 is 1.57 bits per heavy atom. The van der Waals surface area contributed by atoms with Crippen LogP contribution in [0.25, 0.3) is 11.1 Å². The molecule has 3 amide bonds. The van der Waals surface area contributed by atoms with Gasteiger partial charge in [0, 0.05) is 23.5 Å². The van der Waals surface area contributed by atoms with E-state index in [4.69, 9.17) is 0 Å². The molecule has 30 heavy (non-hydrogen) atoms. The largest absolute Gasteiger partial charge is 0.324 e. The number of likely N-dealkylation sites (tertiary alicyclic amines) is 1. The van der Waals surface area contributed by atoms with E-state index in [1.54, 1.807) is 0 Å². The summed E-state index contributed by atoms with van der Waals surface area (Å²) in [5.74, 6) is -0.589. The molecule has 0 radical (unpaired) electrons. The van der Waals surface area contributed by atoms with E-state index in [9.17, 15) is 14.0 Å². The molecule has 3 aromatic rings. The van der Waals surface area contributed by atoms with E-state index in [1.165, 1.54) is 29.2 Å². The maximum Gasteiger partial charge on any atom is 0.322 e. The Balaban J connectivity index is 1.48. The normalized spacial score (nSPS) is 15.6. The monoisotopic (exact) mass is 403 g/mol. The Bertz CT molecular complexity index is 1040. The summed E-state index contributed by atoms with van der Waals surface area (Å²) in [5.41, 5.74) is 3.12. The number of carbonyl (C=O) groups is 2. The van der Waals surface area contributed by atoms with Gasteiger partial charge in [0.1, 0.15) is 11.9 Å². The topological polar surface area (TPSA) is 61.4 Å². The molecule has 1 fully saturated rings. The molecule has 1 aliphatic rings. The van der Waals surface area contributed by atoms with Gasteiger partial charge in [0.25, 0.3) is 0 Å². The number of rotatable bonds is 4. The van der Waals surface area contributed by atoms with Crippen molar-refractivity contribution >= 4 is 23.3 Å². The minimum Gasteiger partial charge on any atom is -0.324 e. The molecule has 0 spiro atoms. The van der Waals surface area contributed by atoms with Crippen molar-refractivity contribution in [2.75, 3.05) is 17.2 Å². The first kappa shape index (κ1) is 19.6. The number of urea groups is 1. The van der Waals surface area contributed by atoms with Crippen LogP contribution in [-0.4, -0.2) is 29.4 Å². The van der Waals surface area contributed by atoms with Gasteiger partial charge >= 0.3 is 6.03 Å². The molecule has 2 N–H and O–H groups in total. The molecule has 0 aliphatic carbocycles. The predicted molar refractivity (Wildman–Crippen MR) is 116 cm³/mol. The first-order valence-corrected chi connectivity index (χ1v) is 9.90. The van der Waals surface area contributed by atoms with Crippen LogP contribution in [0, 0.1) is 5.82 Å². The molecule has 3 aromatic carbocycles. The van der Waals surface area contributed by atoms with Gasteiger partial charge in [0.2, 0.25) is 5.91 Å². The Labute approximate surface area is 174 Å². The summed E-state index contributed by atoms with van der Waals surface area (Å²) in [6.07, 6.45) is 1.34. The van der Waals surface area contributed by atoms with Crippen molar-refractivity contribution in [2.24, 2.45) is 0 Å². The van der Waals surface area contributed by atoms with Crippen molar-refractivity contribution < 1.29 is 14.0 Å². The summed E-state index contributed by atoms with van der Waals surface area (Å²) < 4.78 is 13.1. The van der Waals surface area contributed by atoms with Gasteiger partial charge in [-0.3, -0.25) is 4.79 Å². The van der Waals surface area contributed by atoms with Gasteiger partial charge in [-0.2, -0.15) is 0 Å². The molecule has 0 aromatic heterocycles. The summed E-state index contributed by atoms with van der Waals surface area (Å²) in [6, 6.07) is 22.1. The van der Waals surface area contributed by atoms with Gasteiger partial charge in [-0.1, -0.05) is 48.5 Å². The van der Waals surface area contributed by atoms with Crippen LogP contribution in [0.4, 0.5) is 20.6 Å². The lowest BCUT2D eigenvalue weighted by molar-refractivity contribution is -0.119. The lowest BCUT2D eigenvalue weighted by Gasteiger charge is -2.24. The molecule has 6 heteroatoms. The first-order chi connectivity index (χ1) is 14.6. The SMILES string of the molecule is O=C(Nc1ccccc1-c1ccccc1)C1CCCN1C(=O)Nc1ccc(F)cc1. The summed E-state index contributed by atoms with van der Waals surface area (Å²) in [7, 11) is 0. The average Bonchev–Trinajstić information content (AvgIpc) is 3.27. The van der Waals surface area contributed by atoms with Crippen LogP contribution in [0.2, 0.25) is 0 Å². The molecule has 1 saturated heterocycles.